The summed E-state index contributed by atoms with van der Waals surface area (Å²) in [5, 5.41) is 6.20. The highest BCUT2D eigenvalue weighted by atomic mass is 16.5. The summed E-state index contributed by atoms with van der Waals surface area (Å²) in [6.45, 7) is 1.78. The lowest BCUT2D eigenvalue weighted by molar-refractivity contribution is -0.118. The summed E-state index contributed by atoms with van der Waals surface area (Å²) in [7, 11) is 0. The zero-order chi connectivity index (χ0) is 20.9. The molecule has 4 rings (SSSR count). The van der Waals surface area contributed by atoms with Crippen LogP contribution in [0.25, 0.3) is 11.0 Å². The molecule has 1 heterocycles. The van der Waals surface area contributed by atoms with Crippen molar-refractivity contribution in [3.8, 4) is 5.75 Å². The summed E-state index contributed by atoms with van der Waals surface area (Å²) in [5.41, 5.74) is 2.54. The zero-order valence-electron chi connectivity index (χ0n) is 16.3. The first-order valence-corrected chi connectivity index (χ1v) is 9.47. The van der Waals surface area contributed by atoms with Gasteiger partial charge in [-0.25, -0.2) is 0 Å². The summed E-state index contributed by atoms with van der Waals surface area (Å²) >= 11 is 0. The number of fused-ring (bicyclic) bond motifs is 1. The highest BCUT2D eigenvalue weighted by Gasteiger charge is 2.22. The normalized spacial score (nSPS) is 10.6. The van der Waals surface area contributed by atoms with Gasteiger partial charge in [0.25, 0.3) is 11.8 Å². The first-order valence-electron chi connectivity index (χ1n) is 9.47. The van der Waals surface area contributed by atoms with Crippen LogP contribution in [0.2, 0.25) is 0 Å². The Labute approximate surface area is 173 Å². The SMILES string of the molecule is Cc1ccc(NC(=O)c2oc3ccccc3c2NC(=O)COc2ccccc2)cc1. The molecule has 0 radical (unpaired) electrons. The van der Waals surface area contributed by atoms with Gasteiger partial charge in [0.1, 0.15) is 17.0 Å². The van der Waals surface area contributed by atoms with Crippen molar-refractivity contribution in [3.05, 3.63) is 90.2 Å². The Morgan fingerprint density at radius 2 is 1.57 bits per heavy atom. The molecule has 0 aliphatic heterocycles. The predicted octanol–water partition coefficient (Wildman–Crippen LogP) is 5.01. The topological polar surface area (TPSA) is 80.6 Å². The molecule has 0 spiro atoms. The van der Waals surface area contributed by atoms with E-state index in [1.54, 1.807) is 30.3 Å². The first kappa shape index (κ1) is 19.3. The van der Waals surface area contributed by atoms with Crippen molar-refractivity contribution >= 4 is 34.2 Å². The molecule has 30 heavy (non-hydrogen) atoms. The number of ether oxygens (including phenoxy) is 1. The van der Waals surface area contributed by atoms with Crippen molar-refractivity contribution in [2.45, 2.75) is 6.92 Å². The van der Waals surface area contributed by atoms with E-state index in [9.17, 15) is 9.59 Å². The Bertz CT molecular complexity index is 1180. The molecule has 4 aromatic rings. The maximum atomic E-state index is 12.9. The Morgan fingerprint density at radius 3 is 2.33 bits per heavy atom. The molecule has 6 nitrogen and oxygen atoms in total. The number of carbonyl (C=O) groups is 2. The van der Waals surface area contributed by atoms with E-state index in [1.165, 1.54) is 0 Å². The molecule has 0 aliphatic carbocycles. The fraction of sp³-hybridized carbons (Fsp3) is 0.0833. The Balaban J connectivity index is 1.56. The summed E-state index contributed by atoms with van der Waals surface area (Å²) in [6.07, 6.45) is 0. The van der Waals surface area contributed by atoms with E-state index in [1.807, 2.05) is 55.5 Å². The minimum absolute atomic E-state index is 0.0323. The summed E-state index contributed by atoms with van der Waals surface area (Å²) in [4.78, 5) is 25.4. The van der Waals surface area contributed by atoms with Gasteiger partial charge in [-0.1, -0.05) is 48.0 Å². The van der Waals surface area contributed by atoms with Crippen LogP contribution in [0.15, 0.2) is 83.3 Å². The quantitative estimate of drug-likeness (QED) is 0.477. The Morgan fingerprint density at radius 1 is 0.867 bits per heavy atom. The van der Waals surface area contributed by atoms with Crippen molar-refractivity contribution in [3.63, 3.8) is 0 Å². The number of benzene rings is 3. The number of rotatable bonds is 6. The van der Waals surface area contributed by atoms with E-state index >= 15 is 0 Å². The lowest BCUT2D eigenvalue weighted by atomic mass is 10.2. The molecule has 0 unspecified atom stereocenters. The molecule has 1 aromatic heterocycles. The lowest BCUT2D eigenvalue weighted by Crippen LogP contribution is -2.22. The molecule has 150 valence electrons. The van der Waals surface area contributed by atoms with Gasteiger partial charge >= 0.3 is 0 Å². The van der Waals surface area contributed by atoms with Gasteiger partial charge in [0.05, 0.1) is 0 Å². The van der Waals surface area contributed by atoms with Crippen molar-refractivity contribution < 1.29 is 18.7 Å². The van der Waals surface area contributed by atoms with Gasteiger partial charge in [-0.3, -0.25) is 9.59 Å². The molecular formula is C24H20N2O4. The van der Waals surface area contributed by atoms with Gasteiger partial charge < -0.3 is 19.8 Å². The third kappa shape index (κ3) is 4.33. The number of para-hydroxylation sites is 2. The van der Waals surface area contributed by atoms with Crippen LogP contribution in [-0.4, -0.2) is 18.4 Å². The van der Waals surface area contributed by atoms with Crippen LogP contribution in [-0.2, 0) is 4.79 Å². The van der Waals surface area contributed by atoms with E-state index in [0.29, 0.717) is 28.1 Å². The smallest absolute Gasteiger partial charge is 0.293 e. The second kappa shape index (κ2) is 8.53. The molecule has 2 amide bonds. The third-order valence-corrected chi connectivity index (χ3v) is 4.49. The molecule has 6 heteroatoms. The minimum atomic E-state index is -0.450. The van der Waals surface area contributed by atoms with E-state index < -0.39 is 11.8 Å². The fourth-order valence-electron chi connectivity index (χ4n) is 3.00. The highest BCUT2D eigenvalue weighted by molar-refractivity contribution is 6.14. The second-order valence-corrected chi connectivity index (χ2v) is 6.77. The molecule has 0 saturated carbocycles. The average molecular weight is 400 g/mol. The third-order valence-electron chi connectivity index (χ3n) is 4.49. The Hall–Kier alpha value is -4.06. The van der Waals surface area contributed by atoms with Crippen LogP contribution < -0.4 is 15.4 Å². The number of anilines is 2. The largest absolute Gasteiger partial charge is 0.484 e. The van der Waals surface area contributed by atoms with Crippen molar-refractivity contribution in [1.82, 2.24) is 0 Å². The number of aryl methyl sites for hydroxylation is 1. The Kier molecular flexibility index (Phi) is 5.48. The number of hydrogen-bond acceptors (Lipinski definition) is 4. The molecule has 3 aromatic carbocycles. The van der Waals surface area contributed by atoms with Gasteiger partial charge in [-0.2, -0.15) is 0 Å². The van der Waals surface area contributed by atoms with Gasteiger partial charge in [0, 0.05) is 11.1 Å². The van der Waals surface area contributed by atoms with Gasteiger partial charge in [-0.05, 0) is 43.3 Å². The van der Waals surface area contributed by atoms with Crippen molar-refractivity contribution in [2.75, 3.05) is 17.2 Å². The second-order valence-electron chi connectivity index (χ2n) is 6.77. The molecule has 0 saturated heterocycles. The van der Waals surface area contributed by atoms with E-state index in [4.69, 9.17) is 9.15 Å². The minimum Gasteiger partial charge on any atom is -0.484 e. The molecule has 2 N–H and O–H groups in total. The first-order chi connectivity index (χ1) is 14.6. The molecule has 0 aliphatic rings. The van der Waals surface area contributed by atoms with Crippen LogP contribution in [0, 0.1) is 6.92 Å². The maximum Gasteiger partial charge on any atom is 0.293 e. The average Bonchev–Trinajstić information content (AvgIpc) is 3.13. The summed E-state index contributed by atoms with van der Waals surface area (Å²) in [6, 6.07) is 23.6. The monoisotopic (exact) mass is 400 g/mol. The van der Waals surface area contributed by atoms with Crippen molar-refractivity contribution in [1.29, 1.82) is 0 Å². The number of nitrogens with one attached hydrogen (secondary N) is 2. The molecule has 0 bridgehead atoms. The molecule has 0 fully saturated rings. The highest BCUT2D eigenvalue weighted by Crippen LogP contribution is 2.31. The lowest BCUT2D eigenvalue weighted by Gasteiger charge is -2.09. The van der Waals surface area contributed by atoms with E-state index in [-0.39, 0.29) is 12.4 Å². The van der Waals surface area contributed by atoms with Crippen LogP contribution >= 0.6 is 0 Å². The number of carbonyl (C=O) groups excluding carboxylic acids is 2. The van der Waals surface area contributed by atoms with Crippen LogP contribution in [0.1, 0.15) is 16.1 Å². The number of furan rings is 1. The number of hydrogen-bond donors (Lipinski definition) is 2. The van der Waals surface area contributed by atoms with E-state index in [0.717, 1.165) is 5.56 Å². The molecular weight excluding hydrogens is 380 g/mol. The molecule has 0 atom stereocenters. The standard InChI is InChI=1S/C24H20N2O4/c1-16-11-13-17(14-12-16)25-24(28)23-22(19-9-5-6-10-20(19)30-23)26-21(27)15-29-18-7-3-2-4-8-18/h2-14H,15H2,1H3,(H,25,28)(H,26,27). The van der Waals surface area contributed by atoms with Crippen molar-refractivity contribution in [2.24, 2.45) is 0 Å². The van der Waals surface area contributed by atoms with Crippen LogP contribution in [0.3, 0.4) is 0 Å². The fourth-order valence-corrected chi connectivity index (χ4v) is 3.00. The zero-order valence-corrected chi connectivity index (χ0v) is 16.3. The predicted molar refractivity (Wildman–Crippen MR) is 116 cm³/mol. The number of amides is 2. The van der Waals surface area contributed by atoms with Gasteiger partial charge in [0.15, 0.2) is 6.61 Å². The summed E-state index contributed by atoms with van der Waals surface area (Å²) in [5.74, 6) is -0.226. The van der Waals surface area contributed by atoms with Crippen LogP contribution in [0.5, 0.6) is 5.75 Å². The van der Waals surface area contributed by atoms with E-state index in [2.05, 4.69) is 10.6 Å². The maximum absolute atomic E-state index is 12.9. The summed E-state index contributed by atoms with van der Waals surface area (Å²) < 4.78 is 11.2. The van der Waals surface area contributed by atoms with Gasteiger partial charge in [0.2, 0.25) is 5.76 Å². The van der Waals surface area contributed by atoms with Gasteiger partial charge in [-0.15, -0.1) is 0 Å². The van der Waals surface area contributed by atoms with Crippen LogP contribution in [0.4, 0.5) is 11.4 Å².